The lowest BCUT2D eigenvalue weighted by Crippen LogP contribution is -2.38. The Balaban J connectivity index is 1.67. The minimum Gasteiger partial charge on any atom is -0.481 e. The topological polar surface area (TPSA) is 132 Å². The second-order valence-corrected chi connectivity index (χ2v) is 8.79. The van der Waals surface area contributed by atoms with E-state index in [1.54, 1.807) is 48.4 Å². The van der Waals surface area contributed by atoms with E-state index in [1.165, 1.54) is 11.8 Å². The first-order valence-corrected chi connectivity index (χ1v) is 11.6. The van der Waals surface area contributed by atoms with Gasteiger partial charge in [-0.25, -0.2) is 4.79 Å². The van der Waals surface area contributed by atoms with Crippen LogP contribution in [0.1, 0.15) is 24.2 Å². The molecule has 1 aromatic carbocycles. The van der Waals surface area contributed by atoms with Gasteiger partial charge in [0.05, 0.1) is 29.9 Å². The number of nitrogens with zero attached hydrogens (tertiary/aromatic N) is 2. The van der Waals surface area contributed by atoms with Gasteiger partial charge in [-0.3, -0.25) is 9.59 Å². The van der Waals surface area contributed by atoms with Crippen LogP contribution >= 0.6 is 11.8 Å². The van der Waals surface area contributed by atoms with Crippen molar-refractivity contribution < 1.29 is 29.1 Å². The van der Waals surface area contributed by atoms with Crippen LogP contribution in [-0.2, 0) is 14.3 Å². The van der Waals surface area contributed by atoms with Crippen LogP contribution in [0.3, 0.4) is 0 Å². The fourth-order valence-corrected chi connectivity index (χ4v) is 4.52. The van der Waals surface area contributed by atoms with Crippen LogP contribution in [-0.4, -0.2) is 65.5 Å². The number of allylic oxidation sites excluding steroid dienone is 1. The van der Waals surface area contributed by atoms with Gasteiger partial charge in [0.2, 0.25) is 0 Å². The lowest BCUT2D eigenvalue weighted by Gasteiger charge is -2.22. The minimum atomic E-state index is -0.761. The molecule has 10 heteroatoms. The summed E-state index contributed by atoms with van der Waals surface area (Å²) in [5.41, 5.74) is 6.94. The normalized spacial score (nSPS) is 19.8. The monoisotopic (exact) mass is 473 g/mol. The summed E-state index contributed by atoms with van der Waals surface area (Å²) in [4.78, 5) is 39.8. The number of esters is 1. The van der Waals surface area contributed by atoms with Gasteiger partial charge in [-0.05, 0) is 36.4 Å². The number of rotatable bonds is 10. The molecule has 1 heterocycles. The Morgan fingerprint density at radius 1 is 1.33 bits per heavy atom. The molecule has 1 aliphatic heterocycles. The van der Waals surface area contributed by atoms with Gasteiger partial charge in [0.25, 0.3) is 0 Å². The molecule has 176 valence electrons. The third-order valence-corrected chi connectivity index (χ3v) is 6.20. The number of amidine groups is 1. The average Bonchev–Trinajstić information content (AvgIpc) is 3.21. The first kappa shape index (κ1) is 24.4. The van der Waals surface area contributed by atoms with Gasteiger partial charge >= 0.3 is 5.97 Å². The molecule has 0 amide bonds. The first-order valence-electron chi connectivity index (χ1n) is 10.6. The van der Waals surface area contributed by atoms with Crippen molar-refractivity contribution >= 4 is 35.1 Å². The Bertz CT molecular complexity index is 1020. The summed E-state index contributed by atoms with van der Waals surface area (Å²) >= 11 is 1.51. The van der Waals surface area contributed by atoms with Gasteiger partial charge in [0, 0.05) is 18.3 Å². The highest BCUT2D eigenvalue weighted by Gasteiger charge is 2.38. The number of carbonyl (C=O) groups is 3. The number of benzene rings is 1. The van der Waals surface area contributed by atoms with E-state index in [0.717, 1.165) is 16.2 Å². The largest absolute Gasteiger partial charge is 0.481 e. The van der Waals surface area contributed by atoms with Crippen molar-refractivity contribution in [2.24, 2.45) is 22.7 Å². The number of oxime groups is 1. The number of ketones is 2. The van der Waals surface area contributed by atoms with Crippen molar-refractivity contribution in [2.45, 2.75) is 18.7 Å². The Labute approximate surface area is 196 Å². The quantitative estimate of drug-likeness (QED) is 0.0998. The SMILES string of the molecule is CCOC(=O)COc1ccc(C(=O)CN2C=C3C=CC(C(N)=NO)C(=O)C3C2)cc1SCC. The molecule has 2 atom stereocenters. The van der Waals surface area contributed by atoms with Crippen LogP contribution in [0.2, 0.25) is 0 Å². The fourth-order valence-electron chi connectivity index (χ4n) is 3.73. The Hall–Kier alpha value is -3.27. The molecule has 1 aliphatic carbocycles. The summed E-state index contributed by atoms with van der Waals surface area (Å²) in [7, 11) is 0. The van der Waals surface area contributed by atoms with E-state index < -0.39 is 17.8 Å². The van der Waals surface area contributed by atoms with Crippen molar-refractivity contribution in [3.63, 3.8) is 0 Å². The molecular weight excluding hydrogens is 446 g/mol. The molecule has 0 saturated heterocycles. The summed E-state index contributed by atoms with van der Waals surface area (Å²) in [6.45, 7) is 4.26. The van der Waals surface area contributed by atoms with Crippen LogP contribution < -0.4 is 10.5 Å². The van der Waals surface area contributed by atoms with Gasteiger partial charge in [-0.1, -0.05) is 24.2 Å². The van der Waals surface area contributed by atoms with Crippen LogP contribution in [0.5, 0.6) is 5.75 Å². The highest BCUT2D eigenvalue weighted by molar-refractivity contribution is 7.99. The lowest BCUT2D eigenvalue weighted by molar-refractivity contribution is -0.145. The molecular formula is C23H27N3O6S. The van der Waals surface area contributed by atoms with Crippen LogP contribution in [0, 0.1) is 11.8 Å². The van der Waals surface area contributed by atoms with Crippen molar-refractivity contribution in [1.29, 1.82) is 0 Å². The molecule has 9 nitrogen and oxygen atoms in total. The number of ether oxygens (including phenoxy) is 2. The minimum absolute atomic E-state index is 0.106. The maximum Gasteiger partial charge on any atom is 0.344 e. The third-order valence-electron chi connectivity index (χ3n) is 5.28. The maximum absolute atomic E-state index is 13.0. The number of fused-ring (bicyclic) bond motifs is 1. The number of Topliss-reactive ketones (excluding diaryl/α,β-unsaturated/α-hetero) is 2. The predicted molar refractivity (Wildman–Crippen MR) is 123 cm³/mol. The van der Waals surface area contributed by atoms with Crippen LogP contribution in [0.4, 0.5) is 0 Å². The van der Waals surface area contributed by atoms with Gasteiger partial charge in [0.15, 0.2) is 24.0 Å². The summed E-state index contributed by atoms with van der Waals surface area (Å²) in [5.74, 6) is -0.748. The molecule has 2 unspecified atom stereocenters. The Morgan fingerprint density at radius 3 is 2.82 bits per heavy atom. The molecule has 2 aliphatic rings. The number of carbonyl (C=O) groups excluding carboxylic acids is 3. The van der Waals surface area contributed by atoms with E-state index in [1.807, 2.05) is 6.92 Å². The molecule has 0 fully saturated rings. The average molecular weight is 474 g/mol. The summed E-state index contributed by atoms with van der Waals surface area (Å²) in [6, 6.07) is 5.10. The fraction of sp³-hybridized carbons (Fsp3) is 0.391. The lowest BCUT2D eigenvalue weighted by atomic mass is 9.83. The maximum atomic E-state index is 13.0. The number of thioether (sulfide) groups is 1. The van der Waals surface area contributed by atoms with Gasteiger partial charge in [-0.2, -0.15) is 0 Å². The summed E-state index contributed by atoms with van der Waals surface area (Å²) in [6.07, 6.45) is 5.19. The molecule has 3 rings (SSSR count). The van der Waals surface area contributed by atoms with E-state index in [-0.39, 0.29) is 37.2 Å². The second kappa shape index (κ2) is 11.0. The van der Waals surface area contributed by atoms with Gasteiger partial charge in [0.1, 0.15) is 5.75 Å². The zero-order chi connectivity index (χ0) is 24.0. The van der Waals surface area contributed by atoms with Crippen molar-refractivity contribution in [3.05, 3.63) is 47.7 Å². The Morgan fingerprint density at radius 2 is 2.12 bits per heavy atom. The van der Waals surface area contributed by atoms with Crippen LogP contribution in [0.15, 0.2) is 52.2 Å². The molecule has 0 bridgehead atoms. The van der Waals surface area contributed by atoms with E-state index in [4.69, 9.17) is 20.4 Å². The van der Waals surface area contributed by atoms with Gasteiger partial charge < -0.3 is 25.3 Å². The molecule has 1 aromatic rings. The van der Waals surface area contributed by atoms with Crippen molar-refractivity contribution in [3.8, 4) is 5.75 Å². The number of hydrogen-bond acceptors (Lipinski definition) is 9. The van der Waals surface area contributed by atoms with Crippen molar-refractivity contribution in [1.82, 2.24) is 4.90 Å². The molecule has 33 heavy (non-hydrogen) atoms. The smallest absolute Gasteiger partial charge is 0.344 e. The van der Waals surface area contributed by atoms with Gasteiger partial charge in [-0.15, -0.1) is 11.8 Å². The van der Waals surface area contributed by atoms with E-state index in [2.05, 4.69) is 5.16 Å². The predicted octanol–water partition coefficient (Wildman–Crippen LogP) is 2.24. The zero-order valence-electron chi connectivity index (χ0n) is 18.5. The summed E-state index contributed by atoms with van der Waals surface area (Å²) in [5, 5.41) is 11.8. The highest BCUT2D eigenvalue weighted by Crippen LogP contribution is 2.33. The van der Waals surface area contributed by atoms with Crippen LogP contribution in [0.25, 0.3) is 0 Å². The Kier molecular flexibility index (Phi) is 8.16. The van der Waals surface area contributed by atoms with E-state index >= 15 is 0 Å². The molecule has 3 N–H and O–H groups in total. The molecule has 0 aromatic heterocycles. The summed E-state index contributed by atoms with van der Waals surface area (Å²) < 4.78 is 10.5. The standard InChI is InChI=1S/C23H27N3O6S/c1-3-31-21(28)13-32-19-8-6-14(9-20(19)33-4-2)18(27)12-26-10-15-5-7-16(23(24)25-30)22(29)17(15)11-26/h5-10,16-17,30H,3-4,11-13H2,1-2H3,(H2,24,25). The highest BCUT2D eigenvalue weighted by atomic mass is 32.2. The second-order valence-electron chi connectivity index (χ2n) is 7.49. The van der Waals surface area contributed by atoms with Crippen molar-refractivity contribution in [2.75, 3.05) is 32.1 Å². The third kappa shape index (κ3) is 5.75. The number of nitrogens with two attached hydrogens (primary N) is 1. The number of hydrogen-bond donors (Lipinski definition) is 2. The van der Waals surface area contributed by atoms with E-state index in [9.17, 15) is 14.4 Å². The molecule has 0 saturated carbocycles. The first-order chi connectivity index (χ1) is 15.9. The molecule has 0 radical (unpaired) electrons. The molecule has 0 spiro atoms. The zero-order valence-corrected chi connectivity index (χ0v) is 19.3. The van der Waals surface area contributed by atoms with E-state index in [0.29, 0.717) is 17.9 Å².